The second kappa shape index (κ2) is 4.11. The van der Waals surface area contributed by atoms with E-state index in [-0.39, 0.29) is 11.8 Å². The second-order valence-electron chi connectivity index (χ2n) is 4.63. The number of hydrogen-bond acceptors (Lipinski definition) is 2. The molecule has 0 aromatic rings. The minimum atomic E-state index is 0.121. The van der Waals surface area contributed by atoms with E-state index in [0.29, 0.717) is 0 Å². The molecule has 1 amide bonds. The zero-order chi connectivity index (χ0) is 9.97. The van der Waals surface area contributed by atoms with Crippen LogP contribution in [0, 0.1) is 11.8 Å². The Morgan fingerprint density at radius 2 is 2.21 bits per heavy atom. The van der Waals surface area contributed by atoms with Gasteiger partial charge in [0.25, 0.3) is 0 Å². The van der Waals surface area contributed by atoms with Crippen molar-refractivity contribution in [2.45, 2.75) is 45.4 Å². The van der Waals surface area contributed by atoms with E-state index in [4.69, 9.17) is 0 Å². The predicted octanol–water partition coefficient (Wildman–Crippen LogP) is 2.08. The summed E-state index contributed by atoms with van der Waals surface area (Å²) in [6.45, 7) is 2.25. The molecule has 0 spiro atoms. The van der Waals surface area contributed by atoms with E-state index in [1.165, 1.54) is 18.6 Å². The van der Waals surface area contributed by atoms with Crippen molar-refractivity contribution in [2.75, 3.05) is 0 Å². The summed E-state index contributed by atoms with van der Waals surface area (Å²) < 4.78 is 0. The molecule has 0 saturated heterocycles. The van der Waals surface area contributed by atoms with Crippen molar-refractivity contribution in [1.82, 2.24) is 5.43 Å². The number of carbonyl (C=O) groups excluding carboxylic acids is 1. The number of rotatable bonds is 2. The van der Waals surface area contributed by atoms with E-state index in [9.17, 15) is 4.79 Å². The van der Waals surface area contributed by atoms with Crippen LogP contribution in [0.2, 0.25) is 0 Å². The van der Waals surface area contributed by atoms with E-state index in [2.05, 4.69) is 17.5 Å². The third kappa shape index (κ3) is 2.56. The number of nitrogens with one attached hydrogen (secondary N) is 1. The molecule has 0 bridgehead atoms. The van der Waals surface area contributed by atoms with Gasteiger partial charge < -0.3 is 0 Å². The fraction of sp³-hybridized carbons (Fsp3) is 0.818. The second-order valence-corrected chi connectivity index (χ2v) is 4.63. The predicted molar refractivity (Wildman–Crippen MR) is 55.9 cm³/mol. The molecule has 78 valence electrons. The SMILES string of the molecule is C[C@@H]1CCC/C(=N\NC(=O)C2CC2)C1. The Morgan fingerprint density at radius 1 is 1.43 bits per heavy atom. The van der Waals surface area contributed by atoms with Crippen LogP contribution in [-0.2, 0) is 4.79 Å². The lowest BCUT2D eigenvalue weighted by atomic mass is 9.89. The van der Waals surface area contributed by atoms with Crippen molar-refractivity contribution >= 4 is 11.6 Å². The first kappa shape index (κ1) is 9.69. The van der Waals surface area contributed by atoms with Gasteiger partial charge in [0.15, 0.2) is 0 Å². The van der Waals surface area contributed by atoms with Crippen LogP contribution in [0.4, 0.5) is 0 Å². The van der Waals surface area contributed by atoms with Crippen LogP contribution >= 0.6 is 0 Å². The summed E-state index contributed by atoms with van der Waals surface area (Å²) in [6, 6.07) is 0. The fourth-order valence-corrected chi connectivity index (χ4v) is 1.93. The summed E-state index contributed by atoms with van der Waals surface area (Å²) in [4.78, 5) is 11.3. The lowest BCUT2D eigenvalue weighted by Crippen LogP contribution is -2.23. The average molecular weight is 194 g/mol. The van der Waals surface area contributed by atoms with Crippen LogP contribution in [0.25, 0.3) is 0 Å². The van der Waals surface area contributed by atoms with Gasteiger partial charge in [-0.15, -0.1) is 0 Å². The van der Waals surface area contributed by atoms with Crippen molar-refractivity contribution in [3.63, 3.8) is 0 Å². The monoisotopic (exact) mass is 194 g/mol. The van der Waals surface area contributed by atoms with Crippen LogP contribution in [0.1, 0.15) is 45.4 Å². The molecule has 2 saturated carbocycles. The first-order chi connectivity index (χ1) is 6.75. The number of hydrogen-bond donors (Lipinski definition) is 1. The largest absolute Gasteiger partial charge is 0.273 e. The maximum Gasteiger partial charge on any atom is 0.243 e. The van der Waals surface area contributed by atoms with Crippen molar-refractivity contribution in [1.29, 1.82) is 0 Å². The van der Waals surface area contributed by atoms with Crippen LogP contribution in [0.15, 0.2) is 5.10 Å². The van der Waals surface area contributed by atoms with Gasteiger partial charge in [0.05, 0.1) is 0 Å². The van der Waals surface area contributed by atoms with E-state index in [1.54, 1.807) is 0 Å². The Balaban J connectivity index is 1.80. The van der Waals surface area contributed by atoms with E-state index in [0.717, 1.165) is 31.6 Å². The lowest BCUT2D eigenvalue weighted by Gasteiger charge is -2.18. The van der Waals surface area contributed by atoms with Crippen molar-refractivity contribution in [3.8, 4) is 0 Å². The maximum atomic E-state index is 11.3. The quantitative estimate of drug-likeness (QED) is 0.672. The molecular formula is C11H18N2O. The van der Waals surface area contributed by atoms with Crippen LogP contribution in [0.3, 0.4) is 0 Å². The lowest BCUT2D eigenvalue weighted by molar-refractivity contribution is -0.122. The van der Waals surface area contributed by atoms with E-state index in [1.807, 2.05) is 0 Å². The first-order valence-corrected chi connectivity index (χ1v) is 5.61. The van der Waals surface area contributed by atoms with Gasteiger partial charge in [0, 0.05) is 11.6 Å². The normalized spacial score (nSPS) is 30.4. The Bertz CT molecular complexity index is 256. The Labute approximate surface area is 85.0 Å². The van der Waals surface area contributed by atoms with Crippen molar-refractivity contribution in [2.24, 2.45) is 16.9 Å². The minimum absolute atomic E-state index is 0.121. The van der Waals surface area contributed by atoms with Crippen LogP contribution in [-0.4, -0.2) is 11.6 Å². The molecule has 0 heterocycles. The zero-order valence-corrected chi connectivity index (χ0v) is 8.75. The Hall–Kier alpha value is -0.860. The summed E-state index contributed by atoms with van der Waals surface area (Å²) in [7, 11) is 0. The minimum Gasteiger partial charge on any atom is -0.273 e. The summed E-state index contributed by atoms with van der Waals surface area (Å²) in [5.41, 5.74) is 3.86. The van der Waals surface area contributed by atoms with Gasteiger partial charge in [-0.05, 0) is 44.4 Å². The molecule has 2 fully saturated rings. The van der Waals surface area contributed by atoms with Gasteiger partial charge in [-0.2, -0.15) is 5.10 Å². The smallest absolute Gasteiger partial charge is 0.243 e. The molecule has 0 aromatic carbocycles. The first-order valence-electron chi connectivity index (χ1n) is 5.61. The highest BCUT2D eigenvalue weighted by molar-refractivity contribution is 5.87. The maximum absolute atomic E-state index is 11.3. The van der Waals surface area contributed by atoms with Gasteiger partial charge in [-0.3, -0.25) is 4.79 Å². The molecule has 0 radical (unpaired) electrons. The van der Waals surface area contributed by atoms with Gasteiger partial charge in [0.1, 0.15) is 0 Å². The number of nitrogens with zero attached hydrogens (tertiary/aromatic N) is 1. The van der Waals surface area contributed by atoms with Gasteiger partial charge in [0.2, 0.25) is 5.91 Å². The van der Waals surface area contributed by atoms with Gasteiger partial charge in [-0.25, -0.2) is 5.43 Å². The average Bonchev–Trinajstić information content (AvgIpc) is 2.97. The third-order valence-electron chi connectivity index (χ3n) is 3.02. The Morgan fingerprint density at radius 3 is 2.86 bits per heavy atom. The van der Waals surface area contributed by atoms with Crippen LogP contribution in [0.5, 0.6) is 0 Å². The highest BCUT2D eigenvalue weighted by Crippen LogP contribution is 2.28. The summed E-state index contributed by atoms with van der Waals surface area (Å²) in [5, 5.41) is 4.21. The molecular weight excluding hydrogens is 176 g/mol. The molecule has 1 N–H and O–H groups in total. The van der Waals surface area contributed by atoms with Crippen molar-refractivity contribution < 1.29 is 4.79 Å². The van der Waals surface area contributed by atoms with Gasteiger partial charge >= 0.3 is 0 Å². The number of amides is 1. The molecule has 3 nitrogen and oxygen atoms in total. The molecule has 0 unspecified atom stereocenters. The van der Waals surface area contributed by atoms with E-state index < -0.39 is 0 Å². The molecule has 2 rings (SSSR count). The summed E-state index contributed by atoms with van der Waals surface area (Å²) >= 11 is 0. The molecule has 1 atom stereocenters. The highest BCUT2D eigenvalue weighted by Gasteiger charge is 2.29. The van der Waals surface area contributed by atoms with Crippen molar-refractivity contribution in [3.05, 3.63) is 0 Å². The molecule has 0 aromatic heterocycles. The highest BCUT2D eigenvalue weighted by atomic mass is 16.2. The zero-order valence-electron chi connectivity index (χ0n) is 8.75. The molecule has 3 heteroatoms. The standard InChI is InChI=1S/C11H18N2O/c1-8-3-2-4-10(7-8)12-13-11(14)9-5-6-9/h8-9H,2-7H2,1H3,(H,13,14)/b12-10+/t8-/m1/s1. The van der Waals surface area contributed by atoms with E-state index >= 15 is 0 Å². The number of hydrazone groups is 1. The van der Waals surface area contributed by atoms with Gasteiger partial charge in [-0.1, -0.05) is 6.92 Å². The molecule has 2 aliphatic rings. The molecule has 0 aliphatic heterocycles. The summed E-state index contributed by atoms with van der Waals surface area (Å²) in [5.74, 6) is 1.12. The fourth-order valence-electron chi connectivity index (χ4n) is 1.93. The third-order valence-corrected chi connectivity index (χ3v) is 3.02. The molecule has 14 heavy (non-hydrogen) atoms. The number of carbonyl (C=O) groups is 1. The van der Waals surface area contributed by atoms with Crippen LogP contribution < -0.4 is 5.43 Å². The summed E-state index contributed by atoms with van der Waals surface area (Å²) in [6.07, 6.45) is 6.75. The molecule has 2 aliphatic carbocycles. The Kier molecular flexibility index (Phi) is 2.85. The topological polar surface area (TPSA) is 41.5 Å².